The lowest BCUT2D eigenvalue weighted by Gasteiger charge is -2.13. The summed E-state index contributed by atoms with van der Waals surface area (Å²) in [6, 6.07) is 18.9. The van der Waals surface area contributed by atoms with E-state index >= 15 is 0 Å². The van der Waals surface area contributed by atoms with Crippen LogP contribution < -0.4 is 0 Å². The van der Waals surface area contributed by atoms with Crippen molar-refractivity contribution >= 4 is 23.1 Å². The largest absolute Gasteiger partial charge is 0.504 e. The van der Waals surface area contributed by atoms with Gasteiger partial charge in [-0.3, -0.25) is 19.2 Å². The first kappa shape index (κ1) is 31.0. The minimum Gasteiger partial charge on any atom is -0.504 e. The SMILES string of the molecule is Cc1ccc(C(=O)c2ccc(O)c(O)c2O)c(C(=O)c2ccc(C(=O)c3cc(C)ccc3C(=O)c3ccc(O)c(O)c3O)cc2)c1. The molecule has 0 aliphatic heterocycles. The van der Waals surface area contributed by atoms with Gasteiger partial charge >= 0.3 is 0 Å². The van der Waals surface area contributed by atoms with Crippen molar-refractivity contribution in [3.8, 4) is 34.5 Å². The highest BCUT2D eigenvalue weighted by atomic mass is 16.3. The second-order valence-electron chi connectivity index (χ2n) is 10.7. The number of phenols is 6. The van der Waals surface area contributed by atoms with E-state index in [-0.39, 0.29) is 44.5 Å². The van der Waals surface area contributed by atoms with Crippen LogP contribution in [0.25, 0.3) is 0 Å². The van der Waals surface area contributed by atoms with E-state index in [0.29, 0.717) is 11.1 Å². The highest BCUT2D eigenvalue weighted by molar-refractivity contribution is 6.22. The van der Waals surface area contributed by atoms with Gasteiger partial charge in [0.15, 0.2) is 46.1 Å². The molecule has 0 saturated heterocycles. The Bertz CT molecular complexity index is 1940. The normalized spacial score (nSPS) is 10.8. The molecule has 0 aromatic heterocycles. The fraction of sp³-hybridized carbons (Fsp3) is 0.0556. The van der Waals surface area contributed by atoms with E-state index in [2.05, 4.69) is 0 Å². The number of ketones is 4. The van der Waals surface area contributed by atoms with E-state index in [1.807, 2.05) is 0 Å². The molecule has 5 aromatic rings. The number of rotatable bonds is 8. The molecule has 10 nitrogen and oxygen atoms in total. The van der Waals surface area contributed by atoms with Crippen LogP contribution in [0.4, 0.5) is 0 Å². The van der Waals surface area contributed by atoms with Crippen LogP contribution in [0.15, 0.2) is 84.9 Å². The van der Waals surface area contributed by atoms with Gasteiger partial charge < -0.3 is 30.6 Å². The van der Waals surface area contributed by atoms with E-state index in [1.165, 1.54) is 48.5 Å². The molecule has 5 aromatic carbocycles. The fourth-order valence-electron chi connectivity index (χ4n) is 4.97. The minimum atomic E-state index is -0.873. The Morgan fingerprint density at radius 1 is 0.370 bits per heavy atom. The van der Waals surface area contributed by atoms with Crippen molar-refractivity contribution in [1.29, 1.82) is 0 Å². The molecule has 10 heteroatoms. The summed E-state index contributed by atoms with van der Waals surface area (Å²) < 4.78 is 0. The van der Waals surface area contributed by atoms with Gasteiger partial charge in [0.05, 0.1) is 11.1 Å². The van der Waals surface area contributed by atoms with Crippen molar-refractivity contribution in [1.82, 2.24) is 0 Å². The van der Waals surface area contributed by atoms with Crippen LogP contribution in [0.1, 0.15) is 74.8 Å². The first-order chi connectivity index (χ1) is 21.8. The Hall–Kier alpha value is -6.42. The molecule has 0 heterocycles. The van der Waals surface area contributed by atoms with Crippen molar-refractivity contribution in [3.63, 3.8) is 0 Å². The van der Waals surface area contributed by atoms with Crippen LogP contribution in [-0.4, -0.2) is 53.8 Å². The monoisotopic (exact) mass is 618 g/mol. The zero-order valence-electron chi connectivity index (χ0n) is 24.4. The van der Waals surface area contributed by atoms with Gasteiger partial charge in [0.2, 0.25) is 11.5 Å². The molecule has 0 bridgehead atoms. The van der Waals surface area contributed by atoms with Gasteiger partial charge in [-0.25, -0.2) is 0 Å². The van der Waals surface area contributed by atoms with E-state index in [4.69, 9.17) is 0 Å². The van der Waals surface area contributed by atoms with Crippen molar-refractivity contribution in [2.24, 2.45) is 0 Å². The van der Waals surface area contributed by atoms with E-state index in [9.17, 15) is 49.8 Å². The minimum absolute atomic E-state index is 0.000401. The molecule has 0 atom stereocenters. The lowest BCUT2D eigenvalue weighted by molar-refractivity contribution is 0.0999. The average molecular weight is 619 g/mol. The van der Waals surface area contributed by atoms with E-state index in [0.717, 1.165) is 24.3 Å². The van der Waals surface area contributed by atoms with Crippen molar-refractivity contribution in [3.05, 3.63) is 141 Å². The predicted molar refractivity (Wildman–Crippen MR) is 165 cm³/mol. The third-order valence-corrected chi connectivity index (χ3v) is 7.49. The molecule has 0 radical (unpaired) electrons. The summed E-state index contributed by atoms with van der Waals surface area (Å²) in [4.78, 5) is 54.0. The van der Waals surface area contributed by atoms with Crippen LogP contribution in [0.5, 0.6) is 34.5 Å². The van der Waals surface area contributed by atoms with Crippen molar-refractivity contribution in [2.75, 3.05) is 0 Å². The second-order valence-corrected chi connectivity index (χ2v) is 10.7. The zero-order valence-corrected chi connectivity index (χ0v) is 24.4. The number of hydrogen-bond acceptors (Lipinski definition) is 10. The first-order valence-electron chi connectivity index (χ1n) is 13.8. The summed E-state index contributed by atoms with van der Waals surface area (Å²) in [5, 5.41) is 59.6. The van der Waals surface area contributed by atoms with Crippen LogP contribution in [0, 0.1) is 13.8 Å². The Balaban J connectivity index is 1.48. The van der Waals surface area contributed by atoms with Gasteiger partial charge in [0, 0.05) is 33.4 Å². The third kappa shape index (κ3) is 5.50. The summed E-state index contributed by atoms with van der Waals surface area (Å²) in [5.74, 6) is -7.33. The molecule has 6 N–H and O–H groups in total. The first-order valence-corrected chi connectivity index (χ1v) is 13.8. The van der Waals surface area contributed by atoms with Gasteiger partial charge in [-0.2, -0.15) is 0 Å². The molecule has 0 fully saturated rings. The van der Waals surface area contributed by atoms with Gasteiger partial charge in [0.1, 0.15) is 0 Å². The quantitative estimate of drug-likeness (QED) is 0.0962. The van der Waals surface area contributed by atoms with E-state index in [1.54, 1.807) is 26.0 Å². The number of aromatic hydroxyl groups is 6. The average Bonchev–Trinajstić information content (AvgIpc) is 3.05. The lowest BCUT2D eigenvalue weighted by Crippen LogP contribution is -2.13. The van der Waals surface area contributed by atoms with Crippen LogP contribution in [-0.2, 0) is 0 Å². The molecule has 0 spiro atoms. The number of carbonyl (C=O) groups excluding carboxylic acids is 4. The van der Waals surface area contributed by atoms with Gasteiger partial charge in [-0.1, -0.05) is 59.7 Å². The Labute approximate surface area is 261 Å². The maximum atomic E-state index is 13.6. The standard InChI is InChI=1S/C36H26O10/c1-17-3-9-21(31(41)23-11-13-27(37)35(45)33(23)43)25(15-17)29(39)19-5-7-20(8-6-19)30(40)26-16-18(2)4-10-22(26)32(42)24-12-14-28(38)36(46)34(24)44/h3-16,37-38,43-46H,1-2H3. The molecule has 0 unspecified atom stereocenters. The van der Waals surface area contributed by atoms with Crippen molar-refractivity contribution in [2.45, 2.75) is 13.8 Å². The summed E-state index contributed by atoms with van der Waals surface area (Å²) in [6.07, 6.45) is 0. The van der Waals surface area contributed by atoms with E-state index < -0.39 is 57.6 Å². The topological polar surface area (TPSA) is 190 Å². The highest BCUT2D eigenvalue weighted by Gasteiger charge is 2.26. The summed E-state index contributed by atoms with van der Waals surface area (Å²) in [5.41, 5.74) is 0.785. The van der Waals surface area contributed by atoms with Gasteiger partial charge in [0.25, 0.3) is 0 Å². The molecule has 5 rings (SSSR count). The van der Waals surface area contributed by atoms with Gasteiger partial charge in [-0.15, -0.1) is 0 Å². The lowest BCUT2D eigenvalue weighted by atomic mass is 9.89. The van der Waals surface area contributed by atoms with Gasteiger partial charge in [-0.05, 0) is 50.2 Å². The fourth-order valence-corrected chi connectivity index (χ4v) is 4.97. The maximum absolute atomic E-state index is 13.6. The molecule has 0 saturated carbocycles. The highest BCUT2D eigenvalue weighted by Crippen LogP contribution is 2.39. The maximum Gasteiger partial charge on any atom is 0.201 e. The predicted octanol–water partition coefficient (Wildman–Crippen LogP) is 5.46. The molecular formula is C36H26O10. The summed E-state index contributed by atoms with van der Waals surface area (Å²) in [6.45, 7) is 3.44. The number of phenolic OH excluding ortho intramolecular Hbond substituents is 6. The summed E-state index contributed by atoms with van der Waals surface area (Å²) >= 11 is 0. The molecule has 46 heavy (non-hydrogen) atoms. The number of benzene rings is 5. The van der Waals surface area contributed by atoms with Crippen LogP contribution >= 0.6 is 0 Å². The molecule has 0 aliphatic rings. The molecule has 0 amide bonds. The van der Waals surface area contributed by atoms with Crippen LogP contribution in [0.3, 0.4) is 0 Å². The number of aryl methyl sites for hydroxylation is 2. The summed E-state index contributed by atoms with van der Waals surface area (Å²) in [7, 11) is 0. The number of hydrogen-bond donors (Lipinski definition) is 6. The molecule has 230 valence electrons. The Kier molecular flexibility index (Phi) is 8.04. The Morgan fingerprint density at radius 3 is 1.04 bits per heavy atom. The Morgan fingerprint density at radius 2 is 0.696 bits per heavy atom. The second kappa shape index (κ2) is 11.9. The number of carbonyl (C=O) groups is 4. The third-order valence-electron chi connectivity index (χ3n) is 7.49. The molecule has 0 aliphatic carbocycles. The van der Waals surface area contributed by atoms with Crippen LogP contribution in [0.2, 0.25) is 0 Å². The smallest absolute Gasteiger partial charge is 0.201 e. The van der Waals surface area contributed by atoms with Crippen molar-refractivity contribution < 1.29 is 49.8 Å². The zero-order chi connectivity index (χ0) is 33.4. The molecular weight excluding hydrogens is 592 g/mol.